The Bertz CT molecular complexity index is 460. The van der Waals surface area contributed by atoms with E-state index in [1.807, 2.05) is 13.8 Å². The first kappa shape index (κ1) is 14.9. The number of hydrogen-bond acceptors (Lipinski definition) is 4. The lowest BCUT2D eigenvalue weighted by molar-refractivity contribution is -0.385. The Hall–Kier alpha value is -2.11. The summed E-state index contributed by atoms with van der Waals surface area (Å²) >= 11 is 0. The normalized spacial score (nSPS) is 10.0. The van der Waals surface area contributed by atoms with Crippen LogP contribution in [0.5, 0.6) is 0 Å². The monoisotopic (exact) mass is 265 g/mol. The molecule has 0 unspecified atom stereocenters. The molecule has 1 aromatic carbocycles. The van der Waals surface area contributed by atoms with E-state index in [-0.39, 0.29) is 11.3 Å². The Morgan fingerprint density at radius 1 is 1.37 bits per heavy atom. The summed E-state index contributed by atoms with van der Waals surface area (Å²) in [7, 11) is 0. The van der Waals surface area contributed by atoms with E-state index in [2.05, 4.69) is 10.6 Å². The highest BCUT2D eigenvalue weighted by atomic mass is 16.6. The summed E-state index contributed by atoms with van der Waals surface area (Å²) in [5, 5.41) is 16.7. The van der Waals surface area contributed by atoms with E-state index in [1.165, 1.54) is 12.1 Å². The molecule has 0 bridgehead atoms. The van der Waals surface area contributed by atoms with Gasteiger partial charge in [0.25, 0.3) is 11.6 Å². The third-order valence-electron chi connectivity index (χ3n) is 2.63. The number of unbranched alkanes of at least 4 members (excludes halogenated alkanes) is 1. The topological polar surface area (TPSA) is 84.3 Å². The smallest absolute Gasteiger partial charge is 0.282 e. The Morgan fingerprint density at radius 3 is 2.68 bits per heavy atom. The SMILES string of the molecule is CCCCNC(=O)c1cc(NCC)ccc1[N+](=O)[O-]. The van der Waals surface area contributed by atoms with E-state index >= 15 is 0 Å². The molecule has 0 aliphatic heterocycles. The zero-order valence-electron chi connectivity index (χ0n) is 11.2. The number of amides is 1. The van der Waals surface area contributed by atoms with E-state index in [0.29, 0.717) is 18.8 Å². The second kappa shape index (κ2) is 7.35. The van der Waals surface area contributed by atoms with Gasteiger partial charge in [-0.25, -0.2) is 0 Å². The molecule has 1 rings (SSSR count). The first-order chi connectivity index (χ1) is 9.10. The number of rotatable bonds is 7. The van der Waals surface area contributed by atoms with Crippen molar-refractivity contribution in [1.29, 1.82) is 0 Å². The van der Waals surface area contributed by atoms with Crippen LogP contribution in [0, 0.1) is 10.1 Å². The molecule has 0 spiro atoms. The number of nitro groups is 1. The van der Waals surface area contributed by atoms with E-state index in [0.717, 1.165) is 12.8 Å². The number of anilines is 1. The van der Waals surface area contributed by atoms with Crippen LogP contribution in [0.25, 0.3) is 0 Å². The molecule has 6 nitrogen and oxygen atoms in total. The standard InChI is InChI=1S/C13H19N3O3/c1-3-5-8-15-13(17)11-9-10(14-4-2)6-7-12(11)16(18)19/h6-7,9,14H,3-5,8H2,1-2H3,(H,15,17). The first-order valence-electron chi connectivity index (χ1n) is 6.40. The van der Waals surface area contributed by atoms with Crippen molar-refractivity contribution in [2.75, 3.05) is 18.4 Å². The predicted octanol–water partition coefficient (Wildman–Crippen LogP) is 2.56. The fourth-order valence-electron chi connectivity index (χ4n) is 1.67. The molecule has 0 saturated heterocycles. The lowest BCUT2D eigenvalue weighted by Gasteiger charge is -2.08. The van der Waals surface area contributed by atoms with Gasteiger partial charge < -0.3 is 10.6 Å². The van der Waals surface area contributed by atoms with E-state index in [1.54, 1.807) is 6.07 Å². The van der Waals surface area contributed by atoms with Crippen molar-refractivity contribution < 1.29 is 9.72 Å². The van der Waals surface area contributed by atoms with Crippen LogP contribution in [0.4, 0.5) is 11.4 Å². The molecule has 2 N–H and O–H groups in total. The van der Waals surface area contributed by atoms with Crippen molar-refractivity contribution in [3.8, 4) is 0 Å². The lowest BCUT2D eigenvalue weighted by Crippen LogP contribution is -2.25. The second-order valence-corrected chi connectivity index (χ2v) is 4.13. The van der Waals surface area contributed by atoms with Gasteiger partial charge in [0.15, 0.2) is 0 Å². The maximum atomic E-state index is 12.0. The molecule has 6 heteroatoms. The summed E-state index contributed by atoms with van der Waals surface area (Å²) in [6.07, 6.45) is 1.81. The second-order valence-electron chi connectivity index (χ2n) is 4.13. The van der Waals surface area contributed by atoms with E-state index in [4.69, 9.17) is 0 Å². The fraction of sp³-hybridized carbons (Fsp3) is 0.462. The van der Waals surface area contributed by atoms with E-state index < -0.39 is 10.8 Å². The van der Waals surface area contributed by atoms with Gasteiger partial charge in [-0.05, 0) is 25.5 Å². The number of nitrogens with zero attached hydrogens (tertiary/aromatic N) is 1. The zero-order chi connectivity index (χ0) is 14.3. The van der Waals surface area contributed by atoms with Gasteiger partial charge >= 0.3 is 0 Å². The van der Waals surface area contributed by atoms with E-state index in [9.17, 15) is 14.9 Å². The van der Waals surface area contributed by atoms with Gasteiger partial charge in [-0.15, -0.1) is 0 Å². The van der Waals surface area contributed by atoms with Gasteiger partial charge in [0.2, 0.25) is 0 Å². The third kappa shape index (κ3) is 4.24. The molecular formula is C13H19N3O3. The molecule has 1 amide bonds. The van der Waals surface area contributed by atoms with Crippen LogP contribution in [-0.4, -0.2) is 23.9 Å². The highest BCUT2D eigenvalue weighted by Gasteiger charge is 2.20. The Kier molecular flexibility index (Phi) is 5.78. The third-order valence-corrected chi connectivity index (χ3v) is 2.63. The molecule has 0 aromatic heterocycles. The number of hydrogen-bond donors (Lipinski definition) is 2. The van der Waals surface area contributed by atoms with Crippen molar-refractivity contribution in [2.45, 2.75) is 26.7 Å². The zero-order valence-corrected chi connectivity index (χ0v) is 11.2. The Balaban J connectivity index is 2.96. The van der Waals surface area contributed by atoms with Gasteiger partial charge in [-0.3, -0.25) is 14.9 Å². The van der Waals surface area contributed by atoms with Crippen LogP contribution < -0.4 is 10.6 Å². The maximum absolute atomic E-state index is 12.0. The Morgan fingerprint density at radius 2 is 2.11 bits per heavy atom. The number of carbonyl (C=O) groups excluding carboxylic acids is 1. The van der Waals surface area contributed by atoms with Crippen molar-refractivity contribution in [2.24, 2.45) is 0 Å². The molecular weight excluding hydrogens is 246 g/mol. The minimum atomic E-state index is -0.537. The molecule has 0 saturated carbocycles. The van der Waals surface area contributed by atoms with Gasteiger partial charge in [0.1, 0.15) is 5.56 Å². The number of carbonyl (C=O) groups is 1. The summed E-state index contributed by atoms with van der Waals surface area (Å²) in [5.74, 6) is -0.403. The van der Waals surface area contributed by atoms with Gasteiger partial charge in [0, 0.05) is 24.8 Å². The van der Waals surface area contributed by atoms with Crippen LogP contribution >= 0.6 is 0 Å². The highest BCUT2D eigenvalue weighted by Crippen LogP contribution is 2.22. The van der Waals surface area contributed by atoms with Crippen molar-refractivity contribution in [3.63, 3.8) is 0 Å². The van der Waals surface area contributed by atoms with Crippen LogP contribution in [0.1, 0.15) is 37.0 Å². The van der Waals surface area contributed by atoms with Crippen molar-refractivity contribution >= 4 is 17.3 Å². The van der Waals surface area contributed by atoms with Crippen LogP contribution in [0.3, 0.4) is 0 Å². The summed E-state index contributed by atoms with van der Waals surface area (Å²) in [6.45, 7) is 5.15. The quantitative estimate of drug-likeness (QED) is 0.451. The first-order valence-corrected chi connectivity index (χ1v) is 6.40. The average Bonchev–Trinajstić information content (AvgIpc) is 2.39. The summed E-state index contributed by atoms with van der Waals surface area (Å²) < 4.78 is 0. The number of nitrogens with one attached hydrogen (secondary N) is 2. The molecule has 104 valence electrons. The molecule has 0 aliphatic carbocycles. The number of benzene rings is 1. The van der Waals surface area contributed by atoms with Crippen LogP contribution in [0.15, 0.2) is 18.2 Å². The van der Waals surface area contributed by atoms with Crippen molar-refractivity contribution in [3.05, 3.63) is 33.9 Å². The minimum Gasteiger partial charge on any atom is -0.385 e. The molecule has 0 heterocycles. The molecule has 0 aliphatic rings. The molecule has 0 radical (unpaired) electrons. The maximum Gasteiger partial charge on any atom is 0.282 e. The molecule has 1 aromatic rings. The summed E-state index contributed by atoms with van der Waals surface area (Å²) in [5.41, 5.74) is 0.629. The van der Waals surface area contributed by atoms with Crippen molar-refractivity contribution in [1.82, 2.24) is 5.32 Å². The average molecular weight is 265 g/mol. The Labute approximate surface area is 112 Å². The highest BCUT2D eigenvalue weighted by molar-refractivity contribution is 5.99. The minimum absolute atomic E-state index is 0.0968. The van der Waals surface area contributed by atoms with Gasteiger partial charge in [0.05, 0.1) is 4.92 Å². The van der Waals surface area contributed by atoms with Gasteiger partial charge in [-0.1, -0.05) is 13.3 Å². The molecule has 19 heavy (non-hydrogen) atoms. The predicted molar refractivity (Wildman–Crippen MR) is 74.5 cm³/mol. The molecule has 0 atom stereocenters. The number of nitro benzene ring substituents is 1. The summed E-state index contributed by atoms with van der Waals surface area (Å²) in [6, 6.07) is 4.47. The summed E-state index contributed by atoms with van der Waals surface area (Å²) in [4.78, 5) is 22.4. The van der Waals surface area contributed by atoms with Gasteiger partial charge in [-0.2, -0.15) is 0 Å². The molecule has 0 fully saturated rings. The largest absolute Gasteiger partial charge is 0.385 e. The van der Waals surface area contributed by atoms with Crippen LogP contribution in [-0.2, 0) is 0 Å². The lowest BCUT2D eigenvalue weighted by atomic mass is 10.1. The van der Waals surface area contributed by atoms with Crippen LogP contribution in [0.2, 0.25) is 0 Å². The fourth-order valence-corrected chi connectivity index (χ4v) is 1.67.